The summed E-state index contributed by atoms with van der Waals surface area (Å²) in [7, 11) is 0. The van der Waals surface area contributed by atoms with Crippen LogP contribution in [0.5, 0.6) is 0 Å². The molecule has 0 radical (unpaired) electrons. The van der Waals surface area contributed by atoms with Gasteiger partial charge in [-0.1, -0.05) is 29.8 Å². The number of aliphatic hydroxyl groups is 1. The van der Waals surface area contributed by atoms with Gasteiger partial charge in [0.1, 0.15) is 0 Å². The van der Waals surface area contributed by atoms with Gasteiger partial charge in [0.2, 0.25) is 0 Å². The largest absolute Gasteiger partial charge is 0.395 e. The monoisotopic (exact) mass is 277 g/mol. The first-order valence-corrected chi connectivity index (χ1v) is 7.22. The summed E-state index contributed by atoms with van der Waals surface area (Å²) in [5.41, 5.74) is 0. The van der Waals surface area contributed by atoms with Crippen molar-refractivity contribution < 1.29 is 5.11 Å². The van der Waals surface area contributed by atoms with Crippen LogP contribution in [0.3, 0.4) is 0 Å². The molecule has 1 rings (SSSR count). The van der Waals surface area contributed by atoms with Crippen LogP contribution in [0, 0.1) is 11.8 Å². The van der Waals surface area contributed by atoms with E-state index in [0.717, 1.165) is 17.8 Å². The summed E-state index contributed by atoms with van der Waals surface area (Å²) in [5.74, 6) is 1.46. The molecule has 0 aromatic heterocycles. The predicted molar refractivity (Wildman–Crippen MR) is 68.4 cm³/mol. The molecule has 1 aliphatic heterocycles. The molecule has 1 N–H and O–H groups in total. The first kappa shape index (κ1) is 13.5. The van der Waals surface area contributed by atoms with E-state index in [4.69, 9.17) is 0 Å². The molecular formula is C12H24BrNO. The minimum absolute atomic E-state index is 0.327. The third-order valence-corrected chi connectivity index (χ3v) is 4.15. The molecule has 90 valence electrons. The molecule has 0 aromatic rings. The van der Waals surface area contributed by atoms with Crippen molar-refractivity contribution >= 4 is 15.9 Å². The van der Waals surface area contributed by atoms with Crippen molar-refractivity contribution in [3.8, 4) is 0 Å². The van der Waals surface area contributed by atoms with Gasteiger partial charge >= 0.3 is 0 Å². The minimum Gasteiger partial charge on any atom is -0.395 e. The van der Waals surface area contributed by atoms with Crippen LogP contribution in [0.2, 0.25) is 0 Å². The number of aliphatic hydroxyl groups excluding tert-OH is 1. The van der Waals surface area contributed by atoms with Crippen LogP contribution in [0.15, 0.2) is 0 Å². The second-order valence-corrected chi connectivity index (χ2v) is 5.72. The fourth-order valence-corrected chi connectivity index (χ4v) is 3.16. The average Bonchev–Trinajstić information content (AvgIpc) is 2.56. The van der Waals surface area contributed by atoms with Crippen molar-refractivity contribution in [1.82, 2.24) is 4.90 Å². The van der Waals surface area contributed by atoms with Gasteiger partial charge in [-0.15, -0.1) is 0 Å². The normalized spacial score (nSPS) is 29.6. The third-order valence-electron chi connectivity index (χ3n) is 3.70. The van der Waals surface area contributed by atoms with Gasteiger partial charge in [0.25, 0.3) is 0 Å². The molecule has 1 saturated heterocycles. The molecule has 15 heavy (non-hydrogen) atoms. The molecule has 1 heterocycles. The quantitative estimate of drug-likeness (QED) is 0.755. The Bertz CT molecular complexity index is 177. The van der Waals surface area contributed by atoms with Crippen molar-refractivity contribution in [2.45, 2.75) is 39.2 Å². The highest BCUT2D eigenvalue weighted by Crippen LogP contribution is 2.24. The van der Waals surface area contributed by atoms with Crippen LogP contribution in [0.4, 0.5) is 0 Å². The Morgan fingerprint density at radius 1 is 1.47 bits per heavy atom. The summed E-state index contributed by atoms with van der Waals surface area (Å²) in [6, 6.07) is 0.418. The summed E-state index contributed by atoms with van der Waals surface area (Å²) in [6.07, 6.45) is 3.76. The highest BCUT2D eigenvalue weighted by molar-refractivity contribution is 9.09. The minimum atomic E-state index is 0.327. The number of likely N-dealkylation sites (tertiary alicyclic amines) is 1. The molecule has 0 saturated carbocycles. The summed E-state index contributed by atoms with van der Waals surface area (Å²) in [5, 5.41) is 10.4. The van der Waals surface area contributed by atoms with Crippen molar-refractivity contribution in [3.05, 3.63) is 0 Å². The lowest BCUT2D eigenvalue weighted by Gasteiger charge is -2.26. The molecule has 3 heteroatoms. The highest BCUT2D eigenvalue weighted by atomic mass is 79.9. The van der Waals surface area contributed by atoms with E-state index < -0.39 is 0 Å². The van der Waals surface area contributed by atoms with Crippen LogP contribution in [0.1, 0.15) is 33.1 Å². The van der Waals surface area contributed by atoms with E-state index in [1.807, 2.05) is 0 Å². The van der Waals surface area contributed by atoms with Gasteiger partial charge in [-0.2, -0.15) is 0 Å². The Morgan fingerprint density at radius 2 is 2.20 bits per heavy atom. The van der Waals surface area contributed by atoms with Crippen molar-refractivity contribution in [2.24, 2.45) is 11.8 Å². The van der Waals surface area contributed by atoms with Crippen LogP contribution >= 0.6 is 15.9 Å². The number of hydrogen-bond donors (Lipinski definition) is 1. The highest BCUT2D eigenvalue weighted by Gasteiger charge is 2.29. The zero-order valence-corrected chi connectivity index (χ0v) is 11.5. The van der Waals surface area contributed by atoms with E-state index >= 15 is 0 Å². The molecule has 0 spiro atoms. The smallest absolute Gasteiger partial charge is 0.0589 e. The van der Waals surface area contributed by atoms with Crippen LogP contribution in [0.25, 0.3) is 0 Å². The predicted octanol–water partition coefficient (Wildman–Crippen LogP) is 2.50. The van der Waals surface area contributed by atoms with E-state index in [0.29, 0.717) is 18.6 Å². The number of rotatable bonds is 6. The lowest BCUT2D eigenvalue weighted by atomic mass is 10.0. The zero-order chi connectivity index (χ0) is 11.3. The van der Waals surface area contributed by atoms with Gasteiger partial charge in [-0.3, -0.25) is 4.90 Å². The summed E-state index contributed by atoms with van der Waals surface area (Å²) < 4.78 is 0. The number of halogens is 1. The molecule has 2 nitrogen and oxygen atoms in total. The molecule has 0 amide bonds. The number of hydrogen-bond acceptors (Lipinski definition) is 2. The maximum absolute atomic E-state index is 9.33. The Morgan fingerprint density at radius 3 is 2.80 bits per heavy atom. The van der Waals surface area contributed by atoms with Crippen molar-refractivity contribution in [1.29, 1.82) is 0 Å². The van der Waals surface area contributed by atoms with E-state index in [-0.39, 0.29) is 0 Å². The molecule has 3 atom stereocenters. The van der Waals surface area contributed by atoms with Gasteiger partial charge in [0.05, 0.1) is 6.61 Å². The summed E-state index contributed by atoms with van der Waals surface area (Å²) in [6.45, 7) is 7.22. The van der Waals surface area contributed by atoms with Crippen LogP contribution in [-0.4, -0.2) is 41.1 Å². The van der Waals surface area contributed by atoms with Crippen molar-refractivity contribution in [2.75, 3.05) is 25.0 Å². The number of nitrogens with zero attached hydrogens (tertiary/aromatic N) is 1. The molecule has 1 fully saturated rings. The summed E-state index contributed by atoms with van der Waals surface area (Å²) in [4.78, 5) is 2.47. The van der Waals surface area contributed by atoms with E-state index in [1.54, 1.807) is 0 Å². The van der Waals surface area contributed by atoms with E-state index in [2.05, 4.69) is 34.7 Å². The summed E-state index contributed by atoms with van der Waals surface area (Å²) >= 11 is 3.48. The van der Waals surface area contributed by atoms with E-state index in [9.17, 15) is 5.11 Å². The SMILES string of the molecule is CC(CCBr)CCN1CCC(C)C1CO. The van der Waals surface area contributed by atoms with Crippen molar-refractivity contribution in [3.63, 3.8) is 0 Å². The topological polar surface area (TPSA) is 23.5 Å². The first-order valence-electron chi connectivity index (χ1n) is 6.10. The average molecular weight is 278 g/mol. The lowest BCUT2D eigenvalue weighted by molar-refractivity contribution is 0.134. The third kappa shape index (κ3) is 4.04. The van der Waals surface area contributed by atoms with Gasteiger partial charge < -0.3 is 5.11 Å². The Kier molecular flexibility index (Phi) is 6.17. The molecule has 0 aliphatic carbocycles. The van der Waals surface area contributed by atoms with E-state index in [1.165, 1.54) is 25.8 Å². The molecule has 3 unspecified atom stereocenters. The Hall–Kier alpha value is 0.400. The molecule has 1 aliphatic rings. The van der Waals surface area contributed by atoms with Crippen LogP contribution < -0.4 is 0 Å². The van der Waals surface area contributed by atoms with Gasteiger partial charge in [-0.05, 0) is 44.2 Å². The zero-order valence-electron chi connectivity index (χ0n) is 9.95. The lowest BCUT2D eigenvalue weighted by Crippen LogP contribution is -2.36. The fraction of sp³-hybridized carbons (Fsp3) is 1.00. The van der Waals surface area contributed by atoms with Crippen LogP contribution in [-0.2, 0) is 0 Å². The number of alkyl halides is 1. The standard InChI is InChI=1S/C12H24BrNO/c1-10(3-6-13)4-7-14-8-5-11(2)12(14)9-15/h10-12,15H,3-9H2,1-2H3. The van der Waals surface area contributed by atoms with Gasteiger partial charge in [0, 0.05) is 11.4 Å². The molecular weight excluding hydrogens is 254 g/mol. The fourth-order valence-electron chi connectivity index (χ4n) is 2.38. The second-order valence-electron chi connectivity index (χ2n) is 4.92. The molecule has 0 bridgehead atoms. The molecule has 0 aromatic carbocycles. The first-order chi connectivity index (χ1) is 7.19. The van der Waals surface area contributed by atoms with Gasteiger partial charge in [0.15, 0.2) is 0 Å². The van der Waals surface area contributed by atoms with Gasteiger partial charge in [-0.25, -0.2) is 0 Å². The maximum Gasteiger partial charge on any atom is 0.0589 e. The maximum atomic E-state index is 9.33. The Labute approximate surface area is 102 Å². The second kappa shape index (κ2) is 6.87. The Balaban J connectivity index is 2.26.